The lowest BCUT2D eigenvalue weighted by atomic mass is 10.1. The molecule has 26 heavy (non-hydrogen) atoms. The first kappa shape index (κ1) is 17.8. The second-order valence-electron chi connectivity index (χ2n) is 6.86. The van der Waals surface area contributed by atoms with Crippen molar-refractivity contribution in [1.82, 2.24) is 9.97 Å². The van der Waals surface area contributed by atoms with Crippen molar-refractivity contribution in [3.8, 4) is 11.8 Å². The van der Waals surface area contributed by atoms with Gasteiger partial charge in [-0.05, 0) is 38.5 Å². The number of nitriles is 1. The lowest BCUT2D eigenvalue weighted by molar-refractivity contribution is -0.118. The highest BCUT2D eigenvalue weighted by Crippen LogP contribution is 2.52. The van der Waals surface area contributed by atoms with Crippen LogP contribution in [0.15, 0.2) is 24.4 Å². The number of aromatic nitrogens is 2. The average molecular weight is 354 g/mol. The number of hydrogen-bond acceptors (Lipinski definition) is 5. The molecule has 2 atom stereocenters. The number of carbonyl (C=O) groups is 1. The fraction of sp³-hybridized carbons (Fsp3) is 0.368. The van der Waals surface area contributed by atoms with Crippen molar-refractivity contribution < 1.29 is 13.9 Å². The molecule has 0 spiro atoms. The highest BCUT2D eigenvalue weighted by Gasteiger charge is 2.55. The lowest BCUT2D eigenvalue weighted by Gasteiger charge is -2.14. The molecule has 1 saturated carbocycles. The van der Waals surface area contributed by atoms with Crippen LogP contribution in [0.5, 0.6) is 5.75 Å². The topological polar surface area (TPSA) is 87.9 Å². The summed E-state index contributed by atoms with van der Waals surface area (Å²) in [6, 6.07) is 5.70. The highest BCUT2D eigenvalue weighted by atomic mass is 19.1. The Balaban J connectivity index is 1.60. The Hall–Kier alpha value is -3.01. The van der Waals surface area contributed by atoms with E-state index in [1.165, 1.54) is 18.2 Å². The number of benzene rings is 1. The van der Waals surface area contributed by atoms with Gasteiger partial charge in [-0.15, -0.1) is 0 Å². The molecule has 0 bridgehead atoms. The van der Waals surface area contributed by atoms with E-state index in [9.17, 15) is 9.18 Å². The van der Waals surface area contributed by atoms with Crippen LogP contribution in [0.3, 0.4) is 0 Å². The number of amides is 1. The zero-order valence-electron chi connectivity index (χ0n) is 14.8. The molecule has 1 aromatic heterocycles. The predicted molar refractivity (Wildman–Crippen MR) is 93.0 cm³/mol. The summed E-state index contributed by atoms with van der Waals surface area (Å²) < 4.78 is 19.2. The van der Waals surface area contributed by atoms with Gasteiger partial charge in [0.05, 0.1) is 24.1 Å². The van der Waals surface area contributed by atoms with Gasteiger partial charge in [0, 0.05) is 17.0 Å². The summed E-state index contributed by atoms with van der Waals surface area (Å²) in [7, 11) is 0. The third-order valence-electron chi connectivity index (χ3n) is 4.63. The van der Waals surface area contributed by atoms with E-state index >= 15 is 0 Å². The standard InChI is InChI=1S/C19H19FN4O2/c1-11-17(9-22-12(2)23-11)26-10-19(3)7-15(19)18(25)24-14-4-5-16(20)13(6-14)8-21/h4-6,9,15H,7,10H2,1-3H3,(H,24,25)/t15-,19+/m0/s1. The molecule has 0 radical (unpaired) electrons. The molecule has 134 valence electrons. The first-order valence-electron chi connectivity index (χ1n) is 8.26. The smallest absolute Gasteiger partial charge is 0.228 e. The molecule has 1 N–H and O–H groups in total. The van der Waals surface area contributed by atoms with Gasteiger partial charge in [-0.3, -0.25) is 4.79 Å². The number of aryl methyl sites for hydroxylation is 2. The number of anilines is 1. The summed E-state index contributed by atoms with van der Waals surface area (Å²) in [6.07, 6.45) is 2.33. The molecule has 6 nitrogen and oxygen atoms in total. The van der Waals surface area contributed by atoms with Crippen LogP contribution < -0.4 is 10.1 Å². The minimum atomic E-state index is -0.606. The van der Waals surface area contributed by atoms with Crippen molar-refractivity contribution in [3.05, 3.63) is 47.3 Å². The molecule has 2 aromatic rings. The second-order valence-corrected chi connectivity index (χ2v) is 6.86. The van der Waals surface area contributed by atoms with E-state index < -0.39 is 5.82 Å². The van der Waals surface area contributed by atoms with Crippen molar-refractivity contribution in [1.29, 1.82) is 5.26 Å². The second kappa shape index (κ2) is 6.71. The van der Waals surface area contributed by atoms with Crippen LogP contribution in [0.2, 0.25) is 0 Å². The summed E-state index contributed by atoms with van der Waals surface area (Å²) in [5.41, 5.74) is 0.794. The van der Waals surface area contributed by atoms with E-state index in [0.717, 1.165) is 5.69 Å². The van der Waals surface area contributed by atoms with Gasteiger partial charge >= 0.3 is 0 Å². The van der Waals surface area contributed by atoms with Crippen LogP contribution in [-0.4, -0.2) is 22.5 Å². The third kappa shape index (κ3) is 3.64. The summed E-state index contributed by atoms with van der Waals surface area (Å²) in [5, 5.41) is 11.6. The van der Waals surface area contributed by atoms with Gasteiger partial charge in [0.1, 0.15) is 17.7 Å². The first-order chi connectivity index (χ1) is 12.3. The quantitative estimate of drug-likeness (QED) is 0.891. The summed E-state index contributed by atoms with van der Waals surface area (Å²) in [5.74, 6) is 0.319. The Labute approximate surface area is 151 Å². The Kier molecular flexibility index (Phi) is 4.60. The fourth-order valence-electron chi connectivity index (χ4n) is 2.85. The van der Waals surface area contributed by atoms with Crippen molar-refractivity contribution in [2.45, 2.75) is 27.2 Å². The SMILES string of the molecule is Cc1ncc(OC[C@@]2(C)C[C@H]2C(=O)Nc2ccc(F)c(C#N)c2)c(C)n1. The van der Waals surface area contributed by atoms with Crippen LogP contribution in [0.4, 0.5) is 10.1 Å². The van der Waals surface area contributed by atoms with Crippen molar-refractivity contribution in [2.75, 3.05) is 11.9 Å². The van der Waals surface area contributed by atoms with Crippen molar-refractivity contribution >= 4 is 11.6 Å². The van der Waals surface area contributed by atoms with Gasteiger partial charge in [0.2, 0.25) is 5.91 Å². The maximum atomic E-state index is 13.4. The zero-order chi connectivity index (χ0) is 18.9. The number of hydrogen-bond donors (Lipinski definition) is 1. The van der Waals surface area contributed by atoms with Crippen LogP contribution >= 0.6 is 0 Å². The Morgan fingerprint density at radius 2 is 2.27 bits per heavy atom. The van der Waals surface area contributed by atoms with E-state index in [-0.39, 0.29) is 22.8 Å². The molecule has 1 aliphatic carbocycles. The molecule has 3 rings (SSSR count). The number of ether oxygens (including phenoxy) is 1. The Morgan fingerprint density at radius 3 is 2.96 bits per heavy atom. The molecule has 1 fully saturated rings. The fourth-order valence-corrected chi connectivity index (χ4v) is 2.85. The summed E-state index contributed by atoms with van der Waals surface area (Å²) >= 11 is 0. The number of halogens is 1. The van der Waals surface area contributed by atoms with Gasteiger partial charge in [0.15, 0.2) is 5.75 Å². The zero-order valence-corrected chi connectivity index (χ0v) is 14.8. The monoisotopic (exact) mass is 354 g/mol. The largest absolute Gasteiger partial charge is 0.489 e. The van der Waals surface area contributed by atoms with Crippen molar-refractivity contribution in [3.63, 3.8) is 0 Å². The number of nitrogens with one attached hydrogen (secondary N) is 1. The van der Waals surface area contributed by atoms with Gasteiger partial charge in [-0.1, -0.05) is 6.92 Å². The number of nitrogens with zero attached hydrogens (tertiary/aromatic N) is 3. The molecule has 0 unspecified atom stereocenters. The summed E-state index contributed by atoms with van der Waals surface area (Å²) in [4.78, 5) is 20.8. The van der Waals surface area contributed by atoms with E-state index in [1.807, 2.05) is 20.8 Å². The predicted octanol–water partition coefficient (Wildman–Crippen LogP) is 3.15. The maximum Gasteiger partial charge on any atom is 0.228 e. The van der Waals surface area contributed by atoms with Crippen LogP contribution in [0.25, 0.3) is 0 Å². The molecule has 7 heteroatoms. The first-order valence-corrected chi connectivity index (χ1v) is 8.26. The molecular weight excluding hydrogens is 335 g/mol. The van der Waals surface area contributed by atoms with E-state index in [2.05, 4.69) is 15.3 Å². The van der Waals surface area contributed by atoms with Crippen LogP contribution in [0.1, 0.15) is 30.4 Å². The minimum absolute atomic E-state index is 0.0976. The number of rotatable bonds is 5. The van der Waals surface area contributed by atoms with Gasteiger partial charge in [0.25, 0.3) is 0 Å². The lowest BCUT2D eigenvalue weighted by Crippen LogP contribution is -2.21. The molecule has 0 saturated heterocycles. The van der Waals surface area contributed by atoms with E-state index in [0.29, 0.717) is 30.3 Å². The maximum absolute atomic E-state index is 13.4. The Morgan fingerprint density at radius 1 is 1.50 bits per heavy atom. The molecule has 1 aliphatic rings. The van der Waals surface area contributed by atoms with Gasteiger partial charge in [-0.25, -0.2) is 14.4 Å². The van der Waals surface area contributed by atoms with E-state index in [4.69, 9.17) is 10.00 Å². The average Bonchev–Trinajstić information content (AvgIpc) is 3.28. The number of carbonyl (C=O) groups excluding carboxylic acids is 1. The van der Waals surface area contributed by atoms with Gasteiger partial charge in [-0.2, -0.15) is 5.26 Å². The normalized spacial score (nSPS) is 21.0. The highest BCUT2D eigenvalue weighted by molar-refractivity contribution is 5.95. The van der Waals surface area contributed by atoms with Crippen LogP contribution in [0, 0.1) is 42.3 Å². The molecule has 1 heterocycles. The third-order valence-corrected chi connectivity index (χ3v) is 4.63. The minimum Gasteiger partial charge on any atom is -0.489 e. The molecule has 1 aromatic carbocycles. The van der Waals surface area contributed by atoms with E-state index in [1.54, 1.807) is 12.3 Å². The van der Waals surface area contributed by atoms with Crippen LogP contribution in [-0.2, 0) is 4.79 Å². The molecular formula is C19H19FN4O2. The van der Waals surface area contributed by atoms with Crippen molar-refractivity contribution in [2.24, 2.45) is 11.3 Å². The molecule has 1 amide bonds. The Bertz CT molecular complexity index is 909. The van der Waals surface area contributed by atoms with Gasteiger partial charge < -0.3 is 10.1 Å². The summed E-state index contributed by atoms with van der Waals surface area (Å²) in [6.45, 7) is 6.02. The molecule has 0 aliphatic heterocycles.